The number of hydrogen-bond acceptors (Lipinski definition) is 6. The van der Waals surface area contributed by atoms with E-state index < -0.39 is 34.9 Å². The normalized spacial score (nSPS) is 22.7. The Morgan fingerprint density at radius 1 is 1.18 bits per heavy atom. The first-order chi connectivity index (χ1) is 15.4. The van der Waals surface area contributed by atoms with Gasteiger partial charge in [-0.25, -0.2) is 9.59 Å². The minimum absolute atomic E-state index is 0.116. The zero-order chi connectivity index (χ0) is 24.0. The number of thiophene rings is 1. The van der Waals surface area contributed by atoms with Gasteiger partial charge in [-0.05, 0) is 63.5 Å². The number of carbonyl (C=O) groups excluding carboxylic acids is 2. The molecular weight excluding hydrogens is 475 g/mol. The number of alkyl halides is 3. The van der Waals surface area contributed by atoms with E-state index in [1.807, 2.05) is 0 Å². The summed E-state index contributed by atoms with van der Waals surface area (Å²) in [7, 11) is 0. The molecule has 0 spiro atoms. The van der Waals surface area contributed by atoms with Gasteiger partial charge in [0.1, 0.15) is 15.9 Å². The summed E-state index contributed by atoms with van der Waals surface area (Å²) in [5.74, 6) is -1.29. The maximum absolute atomic E-state index is 13.6. The predicted molar refractivity (Wildman–Crippen MR) is 124 cm³/mol. The van der Waals surface area contributed by atoms with E-state index in [0.29, 0.717) is 30.1 Å². The summed E-state index contributed by atoms with van der Waals surface area (Å²) in [5.41, 5.74) is 1.37. The van der Waals surface area contributed by atoms with Crippen LogP contribution in [0, 0.1) is 5.92 Å². The van der Waals surface area contributed by atoms with Gasteiger partial charge in [-0.1, -0.05) is 5.57 Å². The Morgan fingerprint density at radius 3 is 2.64 bits per heavy atom. The van der Waals surface area contributed by atoms with E-state index in [2.05, 4.69) is 16.0 Å². The predicted octanol–water partition coefficient (Wildman–Crippen LogP) is 4.85. The lowest BCUT2D eigenvalue weighted by Gasteiger charge is -2.25. The van der Waals surface area contributed by atoms with Gasteiger partial charge in [0.25, 0.3) is 0 Å². The van der Waals surface area contributed by atoms with Crippen molar-refractivity contribution in [2.45, 2.75) is 63.5 Å². The first-order valence-corrected chi connectivity index (χ1v) is 12.7. The lowest BCUT2D eigenvalue weighted by molar-refractivity contribution is -0.134. The molecule has 1 aromatic heterocycles. The molecule has 1 aliphatic carbocycles. The molecule has 0 saturated heterocycles. The standard InChI is InChI=1S/C22H28F3N3O3S2/c1-21(2,3)31-19(29)16-12-5-4-6-14(12)33-18(16)28-20(30)27-9-13-11-7-8-26-10-15(11)32-17(13)22(23,24)25/h13,17,26H,4-10H2,1-3H3,(H2,27,28,30). The summed E-state index contributed by atoms with van der Waals surface area (Å²) >= 11 is 2.19. The van der Waals surface area contributed by atoms with E-state index >= 15 is 0 Å². The fraction of sp³-hybridized carbons (Fsp3) is 0.636. The summed E-state index contributed by atoms with van der Waals surface area (Å²) in [5, 5.41) is 7.27. The van der Waals surface area contributed by atoms with Gasteiger partial charge in [0, 0.05) is 23.9 Å². The molecule has 33 heavy (non-hydrogen) atoms. The second kappa shape index (κ2) is 9.14. The highest BCUT2D eigenvalue weighted by Crippen LogP contribution is 2.50. The van der Waals surface area contributed by atoms with Gasteiger partial charge in [-0.3, -0.25) is 5.32 Å². The molecule has 2 amide bonds. The number of carbonyl (C=O) groups is 2. The topological polar surface area (TPSA) is 79.5 Å². The number of esters is 1. The number of hydrogen-bond donors (Lipinski definition) is 3. The molecule has 11 heteroatoms. The van der Waals surface area contributed by atoms with Crippen molar-refractivity contribution in [3.05, 3.63) is 26.5 Å². The average Bonchev–Trinajstić information content (AvgIpc) is 3.36. The maximum Gasteiger partial charge on any atom is 0.401 e. The Kier molecular flexibility index (Phi) is 6.76. The van der Waals surface area contributed by atoms with Crippen molar-refractivity contribution in [1.29, 1.82) is 0 Å². The molecule has 2 atom stereocenters. The highest BCUT2D eigenvalue weighted by atomic mass is 32.2. The summed E-state index contributed by atoms with van der Waals surface area (Å²) in [6.07, 6.45) is -1.31. The van der Waals surface area contributed by atoms with Crippen molar-refractivity contribution in [3.8, 4) is 0 Å². The van der Waals surface area contributed by atoms with Crippen LogP contribution in [0.2, 0.25) is 0 Å². The number of amides is 2. The van der Waals surface area contributed by atoms with Crippen LogP contribution < -0.4 is 16.0 Å². The first-order valence-electron chi connectivity index (χ1n) is 11.0. The third-order valence-corrected chi connectivity index (χ3v) is 8.60. The first kappa shape index (κ1) is 24.4. The van der Waals surface area contributed by atoms with Crippen molar-refractivity contribution in [3.63, 3.8) is 0 Å². The smallest absolute Gasteiger partial charge is 0.401 e. The summed E-state index contributed by atoms with van der Waals surface area (Å²) in [6, 6.07) is -0.617. The van der Waals surface area contributed by atoms with Crippen molar-refractivity contribution in [2.75, 3.05) is 25.0 Å². The molecule has 0 aromatic carbocycles. The molecule has 1 aromatic rings. The Balaban J connectivity index is 1.47. The van der Waals surface area contributed by atoms with Crippen LogP contribution >= 0.6 is 23.1 Å². The largest absolute Gasteiger partial charge is 0.456 e. The molecule has 3 heterocycles. The Bertz CT molecular complexity index is 982. The molecule has 6 nitrogen and oxygen atoms in total. The van der Waals surface area contributed by atoms with Crippen molar-refractivity contribution >= 4 is 40.1 Å². The SMILES string of the molecule is CC(C)(C)OC(=O)c1c(NC(=O)NCC2C3=C(CNCC3)SC2C(F)(F)F)sc2c1CCC2. The minimum Gasteiger partial charge on any atom is -0.456 e. The summed E-state index contributed by atoms with van der Waals surface area (Å²) in [6.45, 7) is 6.28. The van der Waals surface area contributed by atoms with Crippen LogP contribution in [-0.2, 0) is 17.6 Å². The van der Waals surface area contributed by atoms with Gasteiger partial charge < -0.3 is 15.4 Å². The van der Waals surface area contributed by atoms with Gasteiger partial charge >= 0.3 is 18.2 Å². The molecule has 0 saturated carbocycles. The third kappa shape index (κ3) is 5.35. The zero-order valence-corrected chi connectivity index (χ0v) is 20.4. The molecule has 3 N–H and O–H groups in total. The van der Waals surface area contributed by atoms with Crippen LogP contribution in [-0.4, -0.2) is 48.7 Å². The van der Waals surface area contributed by atoms with Gasteiger partial charge in [0.05, 0.1) is 5.56 Å². The summed E-state index contributed by atoms with van der Waals surface area (Å²) in [4.78, 5) is 27.3. The van der Waals surface area contributed by atoms with Gasteiger partial charge in [-0.2, -0.15) is 13.2 Å². The number of thioether (sulfide) groups is 1. The molecule has 0 bridgehead atoms. The zero-order valence-electron chi connectivity index (χ0n) is 18.8. The molecule has 4 rings (SSSR count). The number of halogens is 3. The maximum atomic E-state index is 13.6. The van der Waals surface area contributed by atoms with E-state index in [1.54, 1.807) is 20.8 Å². The van der Waals surface area contributed by atoms with Crippen molar-refractivity contribution in [2.24, 2.45) is 5.92 Å². The molecular formula is C22H28F3N3O3S2. The van der Waals surface area contributed by atoms with E-state index in [0.717, 1.165) is 51.9 Å². The van der Waals surface area contributed by atoms with Crippen LogP contribution in [0.5, 0.6) is 0 Å². The van der Waals surface area contributed by atoms with E-state index in [4.69, 9.17) is 4.74 Å². The van der Waals surface area contributed by atoms with Crippen molar-refractivity contribution < 1.29 is 27.5 Å². The average molecular weight is 504 g/mol. The number of nitrogens with one attached hydrogen (secondary N) is 3. The van der Waals surface area contributed by atoms with Crippen LogP contribution in [0.3, 0.4) is 0 Å². The van der Waals surface area contributed by atoms with Gasteiger partial charge in [0.15, 0.2) is 0 Å². The third-order valence-electron chi connectivity index (χ3n) is 5.85. The Hall–Kier alpha value is -1.72. The second-order valence-corrected chi connectivity index (χ2v) is 11.8. The van der Waals surface area contributed by atoms with Gasteiger partial charge in [-0.15, -0.1) is 23.1 Å². The lowest BCUT2D eigenvalue weighted by Crippen LogP contribution is -2.41. The molecule has 182 valence electrons. The van der Waals surface area contributed by atoms with Gasteiger partial charge in [0.2, 0.25) is 0 Å². The Labute approximate surface area is 199 Å². The van der Waals surface area contributed by atoms with Crippen molar-refractivity contribution in [1.82, 2.24) is 10.6 Å². The molecule has 0 radical (unpaired) electrons. The highest BCUT2D eigenvalue weighted by Gasteiger charge is 2.51. The molecule has 2 aliphatic heterocycles. The highest BCUT2D eigenvalue weighted by molar-refractivity contribution is 8.04. The number of ether oxygens (including phenoxy) is 1. The lowest BCUT2D eigenvalue weighted by atomic mass is 9.91. The van der Waals surface area contributed by atoms with Crippen LogP contribution in [0.15, 0.2) is 10.5 Å². The Morgan fingerprint density at radius 2 is 1.94 bits per heavy atom. The second-order valence-electron chi connectivity index (χ2n) is 9.46. The number of rotatable bonds is 4. The van der Waals surface area contributed by atoms with Crippen LogP contribution in [0.25, 0.3) is 0 Å². The fourth-order valence-electron chi connectivity index (χ4n) is 4.52. The number of urea groups is 1. The monoisotopic (exact) mass is 503 g/mol. The fourth-order valence-corrected chi connectivity index (χ4v) is 7.25. The van der Waals surface area contributed by atoms with E-state index in [-0.39, 0.29) is 6.54 Å². The minimum atomic E-state index is -4.36. The quantitative estimate of drug-likeness (QED) is 0.512. The van der Waals surface area contributed by atoms with Crippen LogP contribution in [0.4, 0.5) is 23.0 Å². The number of fused-ring (bicyclic) bond motifs is 1. The number of aryl methyl sites for hydroxylation is 1. The molecule has 2 unspecified atom stereocenters. The van der Waals surface area contributed by atoms with E-state index in [9.17, 15) is 22.8 Å². The number of anilines is 1. The molecule has 0 fully saturated rings. The van der Waals surface area contributed by atoms with Crippen LogP contribution in [0.1, 0.15) is 54.4 Å². The van der Waals surface area contributed by atoms with E-state index in [1.165, 1.54) is 11.3 Å². The molecule has 3 aliphatic rings. The summed E-state index contributed by atoms with van der Waals surface area (Å²) < 4.78 is 46.5.